The van der Waals surface area contributed by atoms with Crippen LogP contribution in [0.15, 0.2) is 54.1 Å². The Morgan fingerprint density at radius 1 is 1.16 bits per heavy atom. The van der Waals surface area contributed by atoms with Crippen LogP contribution in [-0.2, 0) is 16.0 Å². The van der Waals surface area contributed by atoms with Crippen molar-refractivity contribution in [1.29, 1.82) is 0 Å². The molecule has 0 aromatic heterocycles. The molecule has 0 fully saturated rings. The molecule has 0 saturated carbocycles. The molecule has 0 saturated heterocycles. The molecule has 2 rings (SSSR count). The third kappa shape index (κ3) is 6.79. The first-order valence-corrected chi connectivity index (χ1v) is 10.6. The molecule has 0 aliphatic carbocycles. The Balaban J connectivity index is 2.50. The van der Waals surface area contributed by atoms with Gasteiger partial charge in [-0.15, -0.1) is 0 Å². The van der Waals surface area contributed by atoms with E-state index in [0.29, 0.717) is 34.0 Å². The van der Waals surface area contributed by atoms with Crippen LogP contribution in [0.3, 0.4) is 0 Å². The highest BCUT2D eigenvalue weighted by atomic mass is 35.5. The topological polar surface area (TPSA) is 63.6 Å². The predicted octanol–water partition coefficient (Wildman–Crippen LogP) is 6.06. The normalized spacial score (nSPS) is 12.3. The molecule has 0 atom stereocenters. The fraction of sp³-hybridized carbons (Fsp3) is 0.280. The number of aliphatic hydroxyl groups is 1. The molecule has 0 unspecified atom stereocenters. The van der Waals surface area contributed by atoms with Crippen LogP contribution in [-0.4, -0.2) is 29.6 Å². The van der Waals surface area contributed by atoms with Gasteiger partial charge in [0.1, 0.15) is 5.57 Å². The number of methoxy groups -OCH3 is 1. The largest absolute Gasteiger partial charge is 0.465 e. The Bertz CT molecular complexity index is 1030. The zero-order chi connectivity index (χ0) is 23.2. The number of ether oxygens (including phenoxy) is 1. The number of hydrogen-bond donors (Lipinski definition) is 1. The summed E-state index contributed by atoms with van der Waals surface area (Å²) in [5.41, 5.74) is 1.76. The molecular weight excluding hydrogens is 435 g/mol. The number of benzene rings is 2. The number of halogens is 2. The standard InChI is InChI=1S/C25H26Cl2O4/c1-5-19(24(29)31-4)23(28)20-15-16(14-18-8-6-10-21(26)22(18)27)11-12-17(20)9-7-13-25(2,3)30/h5-12,15,30H,13-14H2,1-4H3/b9-7?,19-5+. The molecule has 164 valence electrons. The second-order valence-corrected chi connectivity index (χ2v) is 8.54. The van der Waals surface area contributed by atoms with E-state index in [1.54, 1.807) is 45.1 Å². The number of carbonyl (C=O) groups excluding carboxylic acids is 2. The van der Waals surface area contributed by atoms with E-state index in [0.717, 1.165) is 11.1 Å². The van der Waals surface area contributed by atoms with Crippen LogP contribution in [0.2, 0.25) is 10.0 Å². The Morgan fingerprint density at radius 3 is 2.48 bits per heavy atom. The highest BCUT2D eigenvalue weighted by molar-refractivity contribution is 6.42. The van der Waals surface area contributed by atoms with Crippen LogP contribution >= 0.6 is 23.2 Å². The zero-order valence-electron chi connectivity index (χ0n) is 18.0. The number of Topliss-reactive ketones (excluding diaryl/α,β-unsaturated/α-hetero) is 1. The van der Waals surface area contributed by atoms with E-state index in [9.17, 15) is 14.7 Å². The Hall–Kier alpha value is -2.40. The van der Waals surface area contributed by atoms with E-state index in [4.69, 9.17) is 27.9 Å². The summed E-state index contributed by atoms with van der Waals surface area (Å²) in [4.78, 5) is 25.3. The molecule has 0 spiro atoms. The minimum absolute atomic E-state index is 0.0439. The first-order valence-electron chi connectivity index (χ1n) is 9.81. The molecule has 0 bridgehead atoms. The lowest BCUT2D eigenvalue weighted by Crippen LogP contribution is -2.17. The highest BCUT2D eigenvalue weighted by Crippen LogP contribution is 2.28. The Kier molecular flexibility index (Phi) is 8.63. The molecule has 0 radical (unpaired) electrons. The fourth-order valence-electron chi connectivity index (χ4n) is 3.03. The van der Waals surface area contributed by atoms with Gasteiger partial charge in [-0.25, -0.2) is 4.79 Å². The lowest BCUT2D eigenvalue weighted by molar-refractivity contribution is -0.135. The van der Waals surface area contributed by atoms with Crippen LogP contribution in [0.4, 0.5) is 0 Å². The van der Waals surface area contributed by atoms with Crippen molar-refractivity contribution >= 4 is 41.0 Å². The quantitative estimate of drug-likeness (QED) is 0.171. The Labute approximate surface area is 193 Å². The van der Waals surface area contributed by atoms with Gasteiger partial charge in [0.2, 0.25) is 5.78 Å². The Morgan fingerprint density at radius 2 is 1.87 bits per heavy atom. The average Bonchev–Trinajstić information content (AvgIpc) is 2.71. The second-order valence-electron chi connectivity index (χ2n) is 7.75. The maximum absolute atomic E-state index is 13.2. The smallest absolute Gasteiger partial charge is 0.341 e. The molecule has 6 heteroatoms. The van der Waals surface area contributed by atoms with Crippen molar-refractivity contribution in [2.45, 2.75) is 39.2 Å². The molecule has 0 aliphatic rings. The van der Waals surface area contributed by atoms with Crippen molar-refractivity contribution in [3.63, 3.8) is 0 Å². The fourth-order valence-corrected chi connectivity index (χ4v) is 3.42. The maximum atomic E-state index is 13.2. The number of carbonyl (C=O) groups is 2. The lowest BCUT2D eigenvalue weighted by atomic mass is 9.93. The molecule has 31 heavy (non-hydrogen) atoms. The molecule has 1 N–H and O–H groups in total. The molecule has 4 nitrogen and oxygen atoms in total. The number of ketones is 1. The van der Waals surface area contributed by atoms with Crippen molar-refractivity contribution in [2.75, 3.05) is 7.11 Å². The van der Waals surface area contributed by atoms with Gasteiger partial charge in [0.05, 0.1) is 22.8 Å². The molecule has 2 aromatic rings. The van der Waals surface area contributed by atoms with Gasteiger partial charge in [0.15, 0.2) is 0 Å². The van der Waals surface area contributed by atoms with Gasteiger partial charge in [-0.2, -0.15) is 0 Å². The second kappa shape index (κ2) is 10.8. The van der Waals surface area contributed by atoms with Crippen molar-refractivity contribution < 1.29 is 19.4 Å². The van der Waals surface area contributed by atoms with Gasteiger partial charge in [-0.1, -0.05) is 65.7 Å². The van der Waals surface area contributed by atoms with Crippen LogP contribution in [0.1, 0.15) is 54.2 Å². The zero-order valence-corrected chi connectivity index (χ0v) is 19.6. The maximum Gasteiger partial charge on any atom is 0.341 e. The van der Waals surface area contributed by atoms with Gasteiger partial charge < -0.3 is 9.84 Å². The van der Waals surface area contributed by atoms with E-state index in [-0.39, 0.29) is 5.57 Å². The van der Waals surface area contributed by atoms with Gasteiger partial charge in [0.25, 0.3) is 0 Å². The third-order valence-electron chi connectivity index (χ3n) is 4.64. The van der Waals surface area contributed by atoms with E-state index in [2.05, 4.69) is 0 Å². The van der Waals surface area contributed by atoms with Crippen LogP contribution in [0.25, 0.3) is 6.08 Å². The third-order valence-corrected chi connectivity index (χ3v) is 5.50. The van der Waals surface area contributed by atoms with E-state index in [1.165, 1.54) is 13.2 Å². The number of hydrogen-bond acceptors (Lipinski definition) is 4. The molecule has 0 amide bonds. The minimum atomic E-state index is -0.871. The van der Waals surface area contributed by atoms with E-state index in [1.807, 2.05) is 24.3 Å². The minimum Gasteiger partial charge on any atom is -0.465 e. The van der Waals surface area contributed by atoms with Gasteiger partial charge in [-0.3, -0.25) is 4.79 Å². The number of esters is 1. The molecular formula is C25H26Cl2O4. The van der Waals surface area contributed by atoms with Crippen molar-refractivity contribution in [1.82, 2.24) is 0 Å². The summed E-state index contributed by atoms with van der Waals surface area (Å²) in [7, 11) is 1.24. The van der Waals surface area contributed by atoms with Crippen LogP contribution < -0.4 is 0 Å². The van der Waals surface area contributed by atoms with Crippen molar-refractivity contribution in [3.05, 3.63) is 86.4 Å². The van der Waals surface area contributed by atoms with Gasteiger partial charge in [0, 0.05) is 5.56 Å². The monoisotopic (exact) mass is 460 g/mol. The number of rotatable bonds is 8. The number of allylic oxidation sites excluding steroid dienone is 1. The predicted molar refractivity (Wildman–Crippen MR) is 126 cm³/mol. The van der Waals surface area contributed by atoms with Gasteiger partial charge in [-0.05, 0) is 62.4 Å². The van der Waals surface area contributed by atoms with E-state index >= 15 is 0 Å². The van der Waals surface area contributed by atoms with E-state index < -0.39 is 17.4 Å². The van der Waals surface area contributed by atoms with Gasteiger partial charge >= 0.3 is 5.97 Å². The van der Waals surface area contributed by atoms with Crippen LogP contribution in [0, 0.1) is 0 Å². The van der Waals surface area contributed by atoms with Crippen molar-refractivity contribution in [3.8, 4) is 0 Å². The summed E-state index contributed by atoms with van der Waals surface area (Å²) in [5, 5.41) is 10.9. The molecule has 0 heterocycles. The molecule has 2 aromatic carbocycles. The molecule has 0 aliphatic heterocycles. The summed E-state index contributed by atoms with van der Waals surface area (Å²) in [6, 6.07) is 10.9. The first kappa shape index (κ1) is 24.9. The summed E-state index contributed by atoms with van der Waals surface area (Å²) in [5.74, 6) is -1.13. The van der Waals surface area contributed by atoms with Crippen molar-refractivity contribution in [2.24, 2.45) is 0 Å². The summed E-state index contributed by atoms with van der Waals surface area (Å²) in [6.07, 6.45) is 5.89. The first-order chi connectivity index (χ1) is 14.6. The summed E-state index contributed by atoms with van der Waals surface area (Å²) in [6.45, 7) is 5.02. The summed E-state index contributed by atoms with van der Waals surface area (Å²) >= 11 is 12.4. The van der Waals surface area contributed by atoms with Crippen LogP contribution in [0.5, 0.6) is 0 Å². The SMILES string of the molecule is C/C=C(/C(=O)OC)C(=O)c1cc(Cc2cccc(Cl)c2Cl)ccc1C=CCC(C)(C)O. The lowest BCUT2D eigenvalue weighted by Gasteiger charge is -2.14. The summed E-state index contributed by atoms with van der Waals surface area (Å²) < 4.78 is 4.76. The average molecular weight is 461 g/mol. The highest BCUT2D eigenvalue weighted by Gasteiger charge is 2.22.